The van der Waals surface area contributed by atoms with Gasteiger partial charge in [-0.3, -0.25) is 4.79 Å². The van der Waals surface area contributed by atoms with Gasteiger partial charge in [-0.1, -0.05) is 17.7 Å². The van der Waals surface area contributed by atoms with Crippen molar-refractivity contribution in [3.8, 4) is 0 Å². The van der Waals surface area contributed by atoms with Gasteiger partial charge in [0.1, 0.15) is 0 Å². The third-order valence-corrected chi connectivity index (χ3v) is 3.23. The average molecular weight is 255 g/mol. The number of aliphatic hydroxyl groups is 1. The first-order chi connectivity index (χ1) is 8.09. The van der Waals surface area contributed by atoms with Crippen LogP contribution in [0.5, 0.6) is 0 Å². The molecule has 1 aliphatic rings. The van der Waals surface area contributed by atoms with Gasteiger partial charge in [-0.15, -0.1) is 0 Å². The van der Waals surface area contributed by atoms with E-state index in [1.807, 2.05) is 0 Å². The van der Waals surface area contributed by atoms with E-state index in [1.165, 1.54) is 0 Å². The molecule has 5 heteroatoms. The molecule has 0 bridgehead atoms. The van der Waals surface area contributed by atoms with Crippen LogP contribution in [0.3, 0.4) is 0 Å². The number of nitrogens with one attached hydrogen (secondary N) is 1. The van der Waals surface area contributed by atoms with Crippen LogP contribution >= 0.6 is 11.6 Å². The zero-order valence-corrected chi connectivity index (χ0v) is 10.1. The van der Waals surface area contributed by atoms with E-state index in [9.17, 15) is 9.90 Å². The molecule has 0 saturated heterocycles. The zero-order valence-electron chi connectivity index (χ0n) is 9.32. The Labute approximate surface area is 105 Å². The van der Waals surface area contributed by atoms with Gasteiger partial charge in [0.25, 0.3) is 5.91 Å². The van der Waals surface area contributed by atoms with Crippen LogP contribution in [0.1, 0.15) is 23.2 Å². The average Bonchev–Trinajstić information content (AvgIpc) is 3.09. The fourth-order valence-electron chi connectivity index (χ4n) is 1.71. The number of amides is 1. The predicted molar refractivity (Wildman–Crippen MR) is 66.9 cm³/mol. The van der Waals surface area contributed by atoms with Crippen molar-refractivity contribution in [3.05, 3.63) is 28.8 Å². The highest BCUT2D eigenvalue weighted by atomic mass is 35.5. The second-order valence-corrected chi connectivity index (χ2v) is 4.73. The number of hydrogen-bond acceptors (Lipinski definition) is 3. The Kier molecular flexibility index (Phi) is 3.54. The van der Waals surface area contributed by atoms with Crippen LogP contribution in [0.25, 0.3) is 0 Å². The standard InChI is InChI=1S/C12H15ClN2O2/c13-8-2-1-3-9(14)11(8)12(17)15-6-10(16)7-4-5-7/h1-3,7,10,16H,4-6,14H2,(H,15,17). The molecule has 0 spiro atoms. The van der Waals surface area contributed by atoms with Gasteiger partial charge >= 0.3 is 0 Å². The fourth-order valence-corrected chi connectivity index (χ4v) is 1.98. The first-order valence-electron chi connectivity index (χ1n) is 5.60. The molecule has 2 rings (SSSR count). The van der Waals surface area contributed by atoms with Gasteiger partial charge in [-0.05, 0) is 30.9 Å². The van der Waals surface area contributed by atoms with Crippen LogP contribution in [-0.2, 0) is 0 Å². The summed E-state index contributed by atoms with van der Waals surface area (Å²) in [7, 11) is 0. The van der Waals surface area contributed by atoms with Crippen molar-refractivity contribution in [2.75, 3.05) is 12.3 Å². The number of carbonyl (C=O) groups is 1. The van der Waals surface area contributed by atoms with Gasteiger partial charge in [0, 0.05) is 12.2 Å². The smallest absolute Gasteiger partial charge is 0.254 e. The monoisotopic (exact) mass is 254 g/mol. The summed E-state index contributed by atoms with van der Waals surface area (Å²) in [5, 5.41) is 12.6. The van der Waals surface area contributed by atoms with E-state index in [0.29, 0.717) is 16.6 Å². The fraction of sp³-hybridized carbons (Fsp3) is 0.417. The lowest BCUT2D eigenvalue weighted by Gasteiger charge is -2.12. The minimum absolute atomic E-state index is 0.244. The Hall–Kier alpha value is -1.26. The van der Waals surface area contributed by atoms with Crippen LogP contribution in [0.2, 0.25) is 5.02 Å². The van der Waals surface area contributed by atoms with Gasteiger partial charge < -0.3 is 16.2 Å². The molecular formula is C12H15ClN2O2. The highest BCUT2D eigenvalue weighted by molar-refractivity contribution is 6.34. The molecule has 0 radical (unpaired) electrons. The number of carbonyl (C=O) groups excluding carboxylic acids is 1. The Balaban J connectivity index is 1.99. The molecule has 1 fully saturated rings. The number of nitrogen functional groups attached to an aromatic ring is 1. The van der Waals surface area contributed by atoms with Gasteiger partial charge in [0.2, 0.25) is 0 Å². The number of halogens is 1. The van der Waals surface area contributed by atoms with Crippen molar-refractivity contribution in [1.29, 1.82) is 0 Å². The van der Waals surface area contributed by atoms with Crippen LogP contribution in [0.4, 0.5) is 5.69 Å². The first kappa shape index (κ1) is 12.2. The number of anilines is 1. The molecule has 1 aromatic carbocycles. The Bertz CT molecular complexity index is 412. The Morgan fingerprint density at radius 1 is 1.59 bits per heavy atom. The van der Waals surface area contributed by atoms with E-state index in [1.54, 1.807) is 18.2 Å². The summed E-state index contributed by atoms with van der Waals surface area (Å²) in [6, 6.07) is 4.93. The lowest BCUT2D eigenvalue weighted by atomic mass is 10.1. The van der Waals surface area contributed by atoms with Gasteiger partial charge in [-0.25, -0.2) is 0 Å². The van der Waals surface area contributed by atoms with E-state index in [2.05, 4.69) is 5.32 Å². The zero-order chi connectivity index (χ0) is 12.4. The van der Waals surface area contributed by atoms with Crippen molar-refractivity contribution in [3.63, 3.8) is 0 Å². The van der Waals surface area contributed by atoms with E-state index < -0.39 is 6.10 Å². The summed E-state index contributed by atoms with van der Waals surface area (Å²) in [6.45, 7) is 0.244. The van der Waals surface area contributed by atoms with Gasteiger partial charge in [0.05, 0.1) is 16.7 Å². The minimum atomic E-state index is -0.470. The maximum atomic E-state index is 11.8. The van der Waals surface area contributed by atoms with Crippen LogP contribution in [0, 0.1) is 5.92 Å². The van der Waals surface area contributed by atoms with Crippen LogP contribution in [-0.4, -0.2) is 23.7 Å². The number of hydrogen-bond donors (Lipinski definition) is 3. The van der Waals surface area contributed by atoms with Crippen LogP contribution < -0.4 is 11.1 Å². The number of aliphatic hydroxyl groups excluding tert-OH is 1. The van der Waals surface area contributed by atoms with Crippen molar-refractivity contribution < 1.29 is 9.90 Å². The number of benzene rings is 1. The van der Waals surface area contributed by atoms with E-state index in [4.69, 9.17) is 17.3 Å². The molecular weight excluding hydrogens is 240 g/mol. The molecule has 1 saturated carbocycles. The van der Waals surface area contributed by atoms with Crippen molar-refractivity contribution in [2.45, 2.75) is 18.9 Å². The normalized spacial score (nSPS) is 16.6. The third-order valence-electron chi connectivity index (χ3n) is 2.91. The van der Waals surface area contributed by atoms with E-state index in [-0.39, 0.29) is 18.0 Å². The topological polar surface area (TPSA) is 75.4 Å². The molecule has 1 aromatic rings. The largest absolute Gasteiger partial charge is 0.398 e. The number of rotatable bonds is 4. The second kappa shape index (κ2) is 4.94. The van der Waals surface area contributed by atoms with Crippen LogP contribution in [0.15, 0.2) is 18.2 Å². The van der Waals surface area contributed by atoms with Gasteiger partial charge in [-0.2, -0.15) is 0 Å². The van der Waals surface area contributed by atoms with Gasteiger partial charge in [0.15, 0.2) is 0 Å². The molecule has 1 unspecified atom stereocenters. The maximum Gasteiger partial charge on any atom is 0.254 e. The van der Waals surface area contributed by atoms with E-state index in [0.717, 1.165) is 12.8 Å². The van der Waals surface area contributed by atoms with Crippen molar-refractivity contribution >= 4 is 23.2 Å². The summed E-state index contributed by atoms with van der Waals surface area (Å²) in [5.41, 5.74) is 6.31. The predicted octanol–water partition coefficient (Wildman–Crippen LogP) is 1.42. The quantitative estimate of drug-likeness (QED) is 0.712. The first-order valence-corrected chi connectivity index (χ1v) is 5.97. The van der Waals surface area contributed by atoms with Crippen molar-refractivity contribution in [2.24, 2.45) is 5.92 Å². The minimum Gasteiger partial charge on any atom is -0.398 e. The third kappa shape index (κ3) is 2.90. The Morgan fingerprint density at radius 2 is 2.29 bits per heavy atom. The summed E-state index contributed by atoms with van der Waals surface area (Å²) in [6.07, 6.45) is 1.60. The lowest BCUT2D eigenvalue weighted by Crippen LogP contribution is -2.33. The molecule has 4 N–H and O–H groups in total. The molecule has 4 nitrogen and oxygen atoms in total. The molecule has 17 heavy (non-hydrogen) atoms. The maximum absolute atomic E-state index is 11.8. The molecule has 92 valence electrons. The summed E-state index contributed by atoms with van der Waals surface area (Å²) < 4.78 is 0. The number of nitrogens with two attached hydrogens (primary N) is 1. The highest BCUT2D eigenvalue weighted by Gasteiger charge is 2.30. The highest BCUT2D eigenvalue weighted by Crippen LogP contribution is 2.32. The SMILES string of the molecule is Nc1cccc(Cl)c1C(=O)NCC(O)C1CC1. The summed E-state index contributed by atoms with van der Waals surface area (Å²) in [5.74, 6) is -0.00769. The van der Waals surface area contributed by atoms with E-state index >= 15 is 0 Å². The summed E-state index contributed by atoms with van der Waals surface area (Å²) >= 11 is 5.91. The molecule has 0 aliphatic heterocycles. The molecule has 1 aliphatic carbocycles. The second-order valence-electron chi connectivity index (χ2n) is 4.32. The molecule has 0 heterocycles. The lowest BCUT2D eigenvalue weighted by molar-refractivity contribution is 0.0902. The summed E-state index contributed by atoms with van der Waals surface area (Å²) in [4.78, 5) is 11.8. The Morgan fingerprint density at radius 3 is 2.88 bits per heavy atom. The molecule has 1 atom stereocenters. The molecule has 1 amide bonds. The van der Waals surface area contributed by atoms with Crippen molar-refractivity contribution in [1.82, 2.24) is 5.32 Å². The molecule has 0 aromatic heterocycles.